The van der Waals surface area contributed by atoms with Crippen LogP contribution in [0.5, 0.6) is 0 Å². The standard InChI is InChI=1S/C8H6N2.C5H5N/c1-2-4-8-6-10-9-5-7(8)3-1;1-2-4-6-5-3-1/h1-6H;1-5H. The predicted octanol–water partition coefficient (Wildman–Crippen LogP) is 2.71. The Labute approximate surface area is 93.8 Å². The SMILES string of the molecule is c1ccc2cnncc2c1.c1ccncc1. The maximum absolute atomic E-state index is 3.78. The largest absolute Gasteiger partial charge is 0.265 e. The third-order valence-electron chi connectivity index (χ3n) is 2.02. The fourth-order valence-corrected chi connectivity index (χ4v) is 1.25. The van der Waals surface area contributed by atoms with E-state index < -0.39 is 0 Å². The molecule has 3 rings (SSSR count). The van der Waals surface area contributed by atoms with E-state index >= 15 is 0 Å². The summed E-state index contributed by atoms with van der Waals surface area (Å²) in [4.78, 5) is 3.78. The topological polar surface area (TPSA) is 38.7 Å². The second kappa shape index (κ2) is 5.56. The smallest absolute Gasteiger partial charge is 0.0574 e. The van der Waals surface area contributed by atoms with E-state index in [1.165, 1.54) is 0 Å². The predicted molar refractivity (Wildman–Crippen MR) is 63.8 cm³/mol. The van der Waals surface area contributed by atoms with Crippen LogP contribution in [0.4, 0.5) is 0 Å². The van der Waals surface area contributed by atoms with Crippen molar-refractivity contribution in [3.05, 3.63) is 67.3 Å². The van der Waals surface area contributed by atoms with Gasteiger partial charge in [0.25, 0.3) is 0 Å². The number of hydrogen-bond acceptors (Lipinski definition) is 3. The summed E-state index contributed by atoms with van der Waals surface area (Å²) in [5.74, 6) is 0. The third kappa shape index (κ3) is 2.85. The second-order valence-electron chi connectivity index (χ2n) is 3.14. The highest BCUT2D eigenvalue weighted by atomic mass is 15.1. The average molecular weight is 209 g/mol. The Morgan fingerprint density at radius 3 is 1.56 bits per heavy atom. The van der Waals surface area contributed by atoms with Gasteiger partial charge < -0.3 is 0 Å². The summed E-state index contributed by atoms with van der Waals surface area (Å²) in [5, 5.41) is 9.80. The van der Waals surface area contributed by atoms with Gasteiger partial charge in [0.2, 0.25) is 0 Å². The van der Waals surface area contributed by atoms with E-state index in [9.17, 15) is 0 Å². The molecular weight excluding hydrogens is 198 g/mol. The van der Waals surface area contributed by atoms with Gasteiger partial charge in [-0.1, -0.05) is 30.3 Å². The molecule has 0 saturated carbocycles. The Hall–Kier alpha value is -2.29. The van der Waals surface area contributed by atoms with Crippen LogP contribution in [0.25, 0.3) is 10.8 Å². The molecule has 0 saturated heterocycles. The molecule has 0 bridgehead atoms. The lowest BCUT2D eigenvalue weighted by molar-refractivity contribution is 1.05. The monoisotopic (exact) mass is 209 g/mol. The summed E-state index contributed by atoms with van der Waals surface area (Å²) in [5.41, 5.74) is 0. The number of nitrogens with zero attached hydrogens (tertiary/aromatic N) is 3. The lowest BCUT2D eigenvalue weighted by Crippen LogP contribution is -1.77. The summed E-state index contributed by atoms with van der Waals surface area (Å²) in [6.07, 6.45) is 7.02. The van der Waals surface area contributed by atoms with E-state index in [0.29, 0.717) is 0 Å². The highest BCUT2D eigenvalue weighted by molar-refractivity contribution is 5.80. The molecule has 3 nitrogen and oxygen atoms in total. The first-order chi connectivity index (χ1) is 7.97. The normalized spacial score (nSPS) is 9.25. The second-order valence-corrected chi connectivity index (χ2v) is 3.14. The molecule has 0 fully saturated rings. The minimum atomic E-state index is 1.14. The summed E-state index contributed by atoms with van der Waals surface area (Å²) < 4.78 is 0. The van der Waals surface area contributed by atoms with Gasteiger partial charge >= 0.3 is 0 Å². The Balaban J connectivity index is 0.000000138. The van der Waals surface area contributed by atoms with Crippen LogP contribution in [0.1, 0.15) is 0 Å². The van der Waals surface area contributed by atoms with Crippen LogP contribution < -0.4 is 0 Å². The fourth-order valence-electron chi connectivity index (χ4n) is 1.25. The first-order valence-electron chi connectivity index (χ1n) is 4.97. The van der Waals surface area contributed by atoms with Crippen molar-refractivity contribution >= 4 is 10.8 Å². The zero-order chi connectivity index (χ0) is 11.1. The quantitative estimate of drug-likeness (QED) is 0.571. The average Bonchev–Trinajstić information content (AvgIpc) is 2.42. The molecule has 16 heavy (non-hydrogen) atoms. The van der Waals surface area contributed by atoms with E-state index in [0.717, 1.165) is 10.8 Å². The lowest BCUT2D eigenvalue weighted by atomic mass is 10.2. The molecule has 78 valence electrons. The van der Waals surface area contributed by atoms with Crippen LogP contribution in [0, 0.1) is 0 Å². The van der Waals surface area contributed by atoms with Gasteiger partial charge in [-0.05, 0) is 12.1 Å². The molecule has 3 heteroatoms. The van der Waals surface area contributed by atoms with Crippen LogP contribution in [0.2, 0.25) is 0 Å². The van der Waals surface area contributed by atoms with Crippen molar-refractivity contribution in [2.24, 2.45) is 0 Å². The minimum Gasteiger partial charge on any atom is -0.265 e. The van der Waals surface area contributed by atoms with Crippen LogP contribution in [0.3, 0.4) is 0 Å². The molecule has 0 aliphatic rings. The van der Waals surface area contributed by atoms with Crippen molar-refractivity contribution in [3.63, 3.8) is 0 Å². The first-order valence-corrected chi connectivity index (χ1v) is 4.97. The van der Waals surface area contributed by atoms with Gasteiger partial charge in [-0.3, -0.25) is 4.98 Å². The number of fused-ring (bicyclic) bond motifs is 1. The zero-order valence-corrected chi connectivity index (χ0v) is 8.69. The van der Waals surface area contributed by atoms with Gasteiger partial charge in [0.1, 0.15) is 0 Å². The summed E-state index contributed by atoms with van der Waals surface area (Å²) in [7, 11) is 0. The van der Waals surface area contributed by atoms with Gasteiger partial charge in [-0.15, -0.1) is 0 Å². The minimum absolute atomic E-state index is 1.14. The number of pyridine rings is 1. The van der Waals surface area contributed by atoms with Crippen molar-refractivity contribution in [1.82, 2.24) is 15.2 Å². The molecule has 0 unspecified atom stereocenters. The first kappa shape index (κ1) is 10.2. The van der Waals surface area contributed by atoms with Gasteiger partial charge in [-0.2, -0.15) is 10.2 Å². The van der Waals surface area contributed by atoms with Crippen LogP contribution in [-0.2, 0) is 0 Å². The van der Waals surface area contributed by atoms with Gasteiger partial charge in [0, 0.05) is 23.2 Å². The molecule has 0 radical (unpaired) electrons. The molecule has 0 aliphatic carbocycles. The molecule has 0 aliphatic heterocycles. The van der Waals surface area contributed by atoms with Gasteiger partial charge in [-0.25, -0.2) is 0 Å². The molecule has 3 aromatic rings. The molecule has 0 spiro atoms. The van der Waals surface area contributed by atoms with Gasteiger partial charge in [0.05, 0.1) is 12.4 Å². The number of rotatable bonds is 0. The van der Waals surface area contributed by atoms with Crippen molar-refractivity contribution in [2.75, 3.05) is 0 Å². The Kier molecular flexibility index (Phi) is 3.55. The molecule has 1 aromatic carbocycles. The van der Waals surface area contributed by atoms with E-state index in [4.69, 9.17) is 0 Å². The maximum Gasteiger partial charge on any atom is 0.0574 e. The summed E-state index contributed by atoms with van der Waals surface area (Å²) in [6, 6.07) is 13.7. The van der Waals surface area contributed by atoms with Crippen LogP contribution in [-0.4, -0.2) is 15.2 Å². The number of aromatic nitrogens is 3. The Bertz CT molecular complexity index is 445. The van der Waals surface area contributed by atoms with E-state index in [-0.39, 0.29) is 0 Å². The van der Waals surface area contributed by atoms with Crippen molar-refractivity contribution in [1.29, 1.82) is 0 Å². The highest BCUT2D eigenvalue weighted by Crippen LogP contribution is 2.08. The zero-order valence-electron chi connectivity index (χ0n) is 8.69. The Morgan fingerprint density at radius 1 is 0.625 bits per heavy atom. The molecule has 2 heterocycles. The van der Waals surface area contributed by atoms with Crippen molar-refractivity contribution in [2.45, 2.75) is 0 Å². The van der Waals surface area contributed by atoms with Crippen molar-refractivity contribution in [3.8, 4) is 0 Å². The van der Waals surface area contributed by atoms with E-state index in [1.54, 1.807) is 24.8 Å². The Morgan fingerprint density at radius 2 is 1.19 bits per heavy atom. The lowest BCUT2D eigenvalue weighted by Gasteiger charge is -1.90. The van der Waals surface area contributed by atoms with Crippen LogP contribution in [0.15, 0.2) is 67.3 Å². The summed E-state index contributed by atoms with van der Waals surface area (Å²) >= 11 is 0. The molecule has 0 amide bonds. The summed E-state index contributed by atoms with van der Waals surface area (Å²) in [6.45, 7) is 0. The number of hydrogen-bond donors (Lipinski definition) is 0. The van der Waals surface area contributed by atoms with Crippen LogP contribution >= 0.6 is 0 Å². The van der Waals surface area contributed by atoms with E-state index in [2.05, 4.69) is 15.2 Å². The van der Waals surface area contributed by atoms with Crippen molar-refractivity contribution < 1.29 is 0 Å². The molecule has 0 N–H and O–H groups in total. The highest BCUT2D eigenvalue weighted by Gasteiger charge is 1.87. The fraction of sp³-hybridized carbons (Fsp3) is 0. The third-order valence-corrected chi connectivity index (χ3v) is 2.02. The molecule has 0 atom stereocenters. The van der Waals surface area contributed by atoms with Gasteiger partial charge in [0.15, 0.2) is 0 Å². The molecular formula is C13H11N3. The maximum atomic E-state index is 3.78. The van der Waals surface area contributed by atoms with E-state index in [1.807, 2.05) is 42.5 Å². The molecule has 2 aromatic heterocycles. The number of benzene rings is 1.